The van der Waals surface area contributed by atoms with Gasteiger partial charge in [-0.25, -0.2) is 0 Å². The highest BCUT2D eigenvalue weighted by molar-refractivity contribution is 7.99. The number of rotatable bonds is 6. The molecule has 1 atom stereocenters. The Morgan fingerprint density at radius 1 is 1.00 bits per heavy atom. The van der Waals surface area contributed by atoms with E-state index < -0.39 is 24.3 Å². The fourth-order valence-corrected chi connectivity index (χ4v) is 4.75. The number of halogens is 3. The number of thioether (sulfide) groups is 1. The molecule has 3 aromatic rings. The molecule has 0 bridgehead atoms. The number of anilines is 1. The van der Waals surface area contributed by atoms with Gasteiger partial charge in [0.05, 0.1) is 17.2 Å². The van der Waals surface area contributed by atoms with Gasteiger partial charge in [-0.3, -0.25) is 9.59 Å². The summed E-state index contributed by atoms with van der Waals surface area (Å²) >= 11 is 1.75. The molecule has 4 rings (SSSR count). The maximum Gasteiger partial charge on any atom is 0.416 e. The average Bonchev–Trinajstić information content (AvgIpc) is 2.83. The lowest BCUT2D eigenvalue weighted by Crippen LogP contribution is -2.31. The Morgan fingerprint density at radius 2 is 1.76 bits per heavy atom. The predicted octanol–water partition coefficient (Wildman–Crippen LogP) is 5.69. The Labute approximate surface area is 198 Å². The van der Waals surface area contributed by atoms with E-state index in [9.17, 15) is 22.8 Å². The molecule has 0 aromatic heterocycles. The number of carbonyl (C=O) groups excluding carboxylic acids is 2. The number of para-hydroxylation sites is 1. The van der Waals surface area contributed by atoms with Gasteiger partial charge < -0.3 is 15.4 Å². The van der Waals surface area contributed by atoms with Crippen molar-refractivity contribution in [2.45, 2.75) is 23.5 Å². The molecule has 5 nitrogen and oxygen atoms in total. The van der Waals surface area contributed by atoms with E-state index in [1.807, 2.05) is 24.3 Å². The number of ether oxygens (including phenoxy) is 1. The molecule has 1 heterocycles. The molecule has 1 unspecified atom stereocenters. The first-order chi connectivity index (χ1) is 16.3. The largest absolute Gasteiger partial charge is 0.483 e. The number of alkyl halides is 3. The van der Waals surface area contributed by atoms with Crippen molar-refractivity contribution < 1.29 is 27.5 Å². The van der Waals surface area contributed by atoms with Crippen molar-refractivity contribution in [3.63, 3.8) is 0 Å². The Morgan fingerprint density at radius 3 is 2.59 bits per heavy atom. The van der Waals surface area contributed by atoms with Gasteiger partial charge in [0.2, 0.25) is 0 Å². The second-order valence-electron chi connectivity index (χ2n) is 7.61. The third-order valence-corrected chi connectivity index (χ3v) is 6.35. The van der Waals surface area contributed by atoms with Crippen LogP contribution in [0.15, 0.2) is 77.7 Å². The summed E-state index contributed by atoms with van der Waals surface area (Å²) in [5.74, 6) is 0.113. The Kier molecular flexibility index (Phi) is 7.12. The van der Waals surface area contributed by atoms with Crippen molar-refractivity contribution >= 4 is 29.3 Å². The van der Waals surface area contributed by atoms with E-state index in [0.717, 1.165) is 34.8 Å². The normalized spacial score (nSPS) is 15.2. The average molecular weight is 487 g/mol. The minimum absolute atomic E-state index is 0.00304. The van der Waals surface area contributed by atoms with Crippen LogP contribution in [-0.4, -0.2) is 24.2 Å². The lowest BCUT2D eigenvalue weighted by molar-refractivity contribution is -0.137. The smallest absolute Gasteiger partial charge is 0.416 e. The van der Waals surface area contributed by atoms with Crippen LogP contribution in [0.2, 0.25) is 0 Å². The van der Waals surface area contributed by atoms with Gasteiger partial charge in [-0.15, -0.1) is 11.8 Å². The summed E-state index contributed by atoms with van der Waals surface area (Å²) in [6.45, 7) is -0.469. The van der Waals surface area contributed by atoms with Crippen molar-refractivity contribution in [1.29, 1.82) is 0 Å². The lowest BCUT2D eigenvalue weighted by atomic mass is 10.0. The summed E-state index contributed by atoms with van der Waals surface area (Å²) in [5.41, 5.74) is 0.468. The molecule has 3 aromatic carbocycles. The Balaban J connectivity index is 1.40. The van der Waals surface area contributed by atoms with Gasteiger partial charge in [-0.2, -0.15) is 13.2 Å². The molecular formula is C25H21F3N2O3S. The molecule has 2 N–H and O–H groups in total. The topological polar surface area (TPSA) is 67.4 Å². The summed E-state index contributed by atoms with van der Waals surface area (Å²) in [6.07, 6.45) is -3.73. The Bertz CT molecular complexity index is 1200. The quantitative estimate of drug-likeness (QED) is 0.470. The number of amides is 2. The summed E-state index contributed by atoms with van der Waals surface area (Å²) < 4.78 is 44.2. The molecular weight excluding hydrogens is 465 g/mol. The first-order valence-electron chi connectivity index (χ1n) is 10.5. The monoisotopic (exact) mass is 486 g/mol. The van der Waals surface area contributed by atoms with Crippen LogP contribution in [0.1, 0.15) is 33.9 Å². The SMILES string of the molecule is O=C(COc1ccccc1C(=O)NC1CCSc2ccccc21)Nc1cccc(C(F)(F)F)c1. The molecule has 34 heavy (non-hydrogen) atoms. The van der Waals surface area contributed by atoms with E-state index in [2.05, 4.69) is 10.6 Å². The van der Waals surface area contributed by atoms with Gasteiger partial charge in [-0.05, 0) is 48.4 Å². The zero-order valence-corrected chi connectivity index (χ0v) is 18.7. The second-order valence-corrected chi connectivity index (χ2v) is 8.75. The lowest BCUT2D eigenvalue weighted by Gasteiger charge is -2.26. The van der Waals surface area contributed by atoms with Crippen LogP contribution >= 0.6 is 11.8 Å². The van der Waals surface area contributed by atoms with Gasteiger partial charge in [0.15, 0.2) is 6.61 Å². The maximum absolute atomic E-state index is 13.0. The van der Waals surface area contributed by atoms with E-state index in [1.165, 1.54) is 12.1 Å². The molecule has 0 spiro atoms. The zero-order valence-electron chi connectivity index (χ0n) is 17.9. The van der Waals surface area contributed by atoms with Gasteiger partial charge in [0.1, 0.15) is 5.75 Å². The molecule has 2 amide bonds. The standard InChI is InChI=1S/C25H21F3N2O3S/c26-25(27,28)16-6-5-7-17(14-16)29-23(31)15-33-21-10-3-1-9-19(21)24(32)30-20-12-13-34-22-11-4-2-8-18(20)22/h1-11,14,20H,12-13,15H2,(H,29,31)(H,30,32). The van der Waals surface area contributed by atoms with Crippen molar-refractivity contribution in [3.8, 4) is 5.75 Å². The molecule has 176 valence electrons. The Hall–Kier alpha value is -3.46. The van der Waals surface area contributed by atoms with Crippen LogP contribution in [0.5, 0.6) is 5.75 Å². The number of fused-ring (bicyclic) bond motifs is 1. The fourth-order valence-electron chi connectivity index (χ4n) is 3.62. The van der Waals surface area contributed by atoms with E-state index in [-0.39, 0.29) is 28.9 Å². The number of benzene rings is 3. The van der Waals surface area contributed by atoms with Crippen LogP contribution in [-0.2, 0) is 11.0 Å². The number of carbonyl (C=O) groups is 2. The zero-order chi connectivity index (χ0) is 24.1. The van der Waals surface area contributed by atoms with Crippen molar-refractivity contribution in [2.24, 2.45) is 0 Å². The van der Waals surface area contributed by atoms with Gasteiger partial charge in [0, 0.05) is 16.3 Å². The van der Waals surface area contributed by atoms with Gasteiger partial charge in [-0.1, -0.05) is 36.4 Å². The van der Waals surface area contributed by atoms with E-state index >= 15 is 0 Å². The van der Waals surface area contributed by atoms with Crippen LogP contribution in [0.3, 0.4) is 0 Å². The molecule has 1 aliphatic rings. The third kappa shape index (κ3) is 5.72. The summed E-state index contributed by atoms with van der Waals surface area (Å²) in [5, 5.41) is 5.42. The minimum Gasteiger partial charge on any atom is -0.483 e. The van der Waals surface area contributed by atoms with E-state index in [4.69, 9.17) is 4.74 Å². The number of hydrogen-bond acceptors (Lipinski definition) is 4. The van der Waals surface area contributed by atoms with E-state index in [1.54, 1.807) is 36.0 Å². The van der Waals surface area contributed by atoms with Gasteiger partial charge in [0.25, 0.3) is 11.8 Å². The highest BCUT2D eigenvalue weighted by Gasteiger charge is 2.30. The molecule has 0 aliphatic carbocycles. The summed E-state index contributed by atoms with van der Waals surface area (Å²) in [6, 6.07) is 18.6. The highest BCUT2D eigenvalue weighted by Crippen LogP contribution is 2.36. The number of hydrogen-bond donors (Lipinski definition) is 2. The predicted molar refractivity (Wildman–Crippen MR) is 124 cm³/mol. The van der Waals surface area contributed by atoms with Gasteiger partial charge >= 0.3 is 6.18 Å². The molecule has 9 heteroatoms. The minimum atomic E-state index is -4.51. The summed E-state index contributed by atoms with van der Waals surface area (Å²) in [7, 11) is 0. The van der Waals surface area contributed by atoms with E-state index in [0.29, 0.717) is 0 Å². The van der Waals surface area contributed by atoms with Crippen molar-refractivity contribution in [3.05, 3.63) is 89.5 Å². The first-order valence-corrected chi connectivity index (χ1v) is 11.5. The van der Waals surface area contributed by atoms with Crippen molar-refractivity contribution in [2.75, 3.05) is 17.7 Å². The molecule has 0 radical (unpaired) electrons. The maximum atomic E-state index is 13.0. The van der Waals surface area contributed by atoms with Crippen LogP contribution < -0.4 is 15.4 Å². The highest BCUT2D eigenvalue weighted by atomic mass is 32.2. The molecule has 1 aliphatic heterocycles. The van der Waals surface area contributed by atoms with Crippen molar-refractivity contribution in [1.82, 2.24) is 5.32 Å². The second kappa shape index (κ2) is 10.2. The summed E-state index contributed by atoms with van der Waals surface area (Å²) in [4.78, 5) is 26.4. The third-order valence-electron chi connectivity index (χ3n) is 5.23. The van der Waals surface area contributed by atoms with Crippen LogP contribution in [0.25, 0.3) is 0 Å². The molecule has 0 saturated heterocycles. The molecule has 0 fully saturated rings. The molecule has 0 saturated carbocycles. The number of nitrogens with one attached hydrogen (secondary N) is 2. The fraction of sp³-hybridized carbons (Fsp3) is 0.200. The first kappa shape index (κ1) is 23.7. The van der Waals surface area contributed by atoms with Crippen LogP contribution in [0.4, 0.5) is 18.9 Å². The van der Waals surface area contributed by atoms with Crippen LogP contribution in [0, 0.1) is 0 Å².